The topological polar surface area (TPSA) is 137 Å². The number of para-hydroxylation sites is 1. The molecule has 2 fully saturated rings. The van der Waals surface area contributed by atoms with Gasteiger partial charge in [-0.25, -0.2) is 9.97 Å². The monoisotopic (exact) mass is 613 g/mol. The van der Waals surface area contributed by atoms with Crippen LogP contribution < -0.4 is 10.6 Å². The first kappa shape index (κ1) is 29.4. The minimum atomic E-state index is -0.0527. The lowest BCUT2D eigenvalue weighted by molar-refractivity contribution is -0.130. The predicted molar refractivity (Wildman–Crippen MR) is 169 cm³/mol. The van der Waals surface area contributed by atoms with E-state index in [4.69, 9.17) is 4.98 Å². The van der Waals surface area contributed by atoms with E-state index in [0.29, 0.717) is 23.3 Å². The number of likely N-dealkylation sites (tertiary alicyclic amines) is 1. The van der Waals surface area contributed by atoms with E-state index >= 15 is 0 Å². The van der Waals surface area contributed by atoms with E-state index < -0.39 is 0 Å². The van der Waals surface area contributed by atoms with Crippen LogP contribution in [0.4, 0.5) is 16.8 Å². The fraction of sp³-hybridized carbons (Fsp3) is 0.367. The molecule has 5 heterocycles. The number of piperazine rings is 1. The normalized spacial score (nSPS) is 17.3. The number of pyridine rings is 1. The quantitative estimate of drug-likeness (QED) is 0.271. The van der Waals surface area contributed by atoms with Crippen molar-refractivity contribution < 1.29 is 9.59 Å². The van der Waals surface area contributed by atoms with Crippen LogP contribution in [0.25, 0.3) is 16.4 Å². The molecule has 44 heavy (non-hydrogen) atoms. The van der Waals surface area contributed by atoms with Gasteiger partial charge in [-0.1, -0.05) is 36.1 Å². The minimum Gasteiger partial charge on any atom is -0.365 e. The molecule has 0 spiro atoms. The molecule has 2 N–H and O–H groups in total. The summed E-state index contributed by atoms with van der Waals surface area (Å²) in [6.07, 6.45) is 4.95. The molecule has 0 aliphatic carbocycles. The number of hydrogen-bond acceptors (Lipinski definition) is 11. The standard InChI is InChI=1S/C30H35N11O2S/c1-3-28(43)40-11-7-8-23(20-40)32-26-16-22(19-38-12-14-39(15-13-38)21(2)42)17-27(33-26)34-30-31-18-25(44-30)29-35-37-41(36-29)24-9-5-4-6-10-24/h3-6,9-10,16-18,23H,1,7-8,11-15,19-20H2,2H3,(H2,31,32,33,34)/t23-/m0/s1. The molecule has 14 heteroatoms. The predicted octanol–water partition coefficient (Wildman–Crippen LogP) is 3.18. The first-order valence-corrected chi connectivity index (χ1v) is 15.5. The van der Waals surface area contributed by atoms with Gasteiger partial charge in [0.1, 0.15) is 11.6 Å². The van der Waals surface area contributed by atoms with Gasteiger partial charge in [0.05, 0.1) is 16.8 Å². The molecule has 2 aliphatic rings. The molecule has 0 unspecified atom stereocenters. The first-order chi connectivity index (χ1) is 21.4. The molecular formula is C30H35N11O2S. The number of aromatic nitrogens is 6. The van der Waals surface area contributed by atoms with Crippen LogP contribution in [0.1, 0.15) is 25.3 Å². The summed E-state index contributed by atoms with van der Waals surface area (Å²) < 4.78 is 0. The summed E-state index contributed by atoms with van der Waals surface area (Å²) in [5, 5.41) is 20.5. The first-order valence-electron chi connectivity index (χ1n) is 14.7. The Balaban J connectivity index is 1.19. The Hall–Kier alpha value is -4.69. The maximum atomic E-state index is 12.2. The molecule has 0 radical (unpaired) electrons. The van der Waals surface area contributed by atoms with Gasteiger partial charge < -0.3 is 20.4 Å². The van der Waals surface area contributed by atoms with Gasteiger partial charge in [0.2, 0.25) is 17.6 Å². The lowest BCUT2D eigenvalue weighted by Crippen LogP contribution is -2.47. The van der Waals surface area contributed by atoms with E-state index in [9.17, 15) is 9.59 Å². The van der Waals surface area contributed by atoms with Crippen LogP contribution in [-0.2, 0) is 16.1 Å². The smallest absolute Gasteiger partial charge is 0.246 e. The third-order valence-corrected chi connectivity index (χ3v) is 8.64. The average Bonchev–Trinajstić information content (AvgIpc) is 3.72. The number of amides is 2. The summed E-state index contributed by atoms with van der Waals surface area (Å²) in [4.78, 5) is 41.8. The van der Waals surface area contributed by atoms with E-state index in [1.165, 1.54) is 22.2 Å². The van der Waals surface area contributed by atoms with Gasteiger partial charge in [-0.3, -0.25) is 14.5 Å². The van der Waals surface area contributed by atoms with Crippen LogP contribution in [-0.4, -0.2) is 102 Å². The van der Waals surface area contributed by atoms with Crippen LogP contribution in [0.3, 0.4) is 0 Å². The fourth-order valence-electron chi connectivity index (χ4n) is 5.46. The zero-order valence-corrected chi connectivity index (χ0v) is 25.4. The Labute approximate surface area is 259 Å². The van der Waals surface area contributed by atoms with E-state index in [-0.39, 0.29) is 17.9 Å². The number of carbonyl (C=O) groups excluding carboxylic acids is 2. The van der Waals surface area contributed by atoms with Crippen molar-refractivity contribution in [1.82, 2.24) is 44.9 Å². The molecule has 3 aromatic heterocycles. The van der Waals surface area contributed by atoms with Crippen molar-refractivity contribution in [3.05, 3.63) is 66.9 Å². The Morgan fingerprint density at radius 3 is 2.64 bits per heavy atom. The molecule has 0 bridgehead atoms. The van der Waals surface area contributed by atoms with Gasteiger partial charge in [-0.2, -0.15) is 0 Å². The molecular weight excluding hydrogens is 578 g/mol. The van der Waals surface area contributed by atoms with Gasteiger partial charge in [-0.15, -0.1) is 15.0 Å². The highest BCUT2D eigenvalue weighted by Gasteiger charge is 2.24. The van der Waals surface area contributed by atoms with Crippen LogP contribution >= 0.6 is 11.3 Å². The van der Waals surface area contributed by atoms with Crippen molar-refractivity contribution in [2.45, 2.75) is 32.4 Å². The van der Waals surface area contributed by atoms with Gasteiger partial charge in [0.15, 0.2) is 5.13 Å². The van der Waals surface area contributed by atoms with Crippen molar-refractivity contribution in [1.29, 1.82) is 0 Å². The van der Waals surface area contributed by atoms with E-state index in [1.807, 2.05) is 46.2 Å². The summed E-state index contributed by atoms with van der Waals surface area (Å²) in [7, 11) is 0. The number of rotatable bonds is 9. The molecule has 4 aromatic rings. The lowest BCUT2D eigenvalue weighted by atomic mass is 10.1. The molecule has 6 rings (SSSR count). The number of tetrazole rings is 1. The van der Waals surface area contributed by atoms with Crippen LogP contribution in [0, 0.1) is 0 Å². The third-order valence-electron chi connectivity index (χ3n) is 7.73. The van der Waals surface area contributed by atoms with Gasteiger partial charge in [0, 0.05) is 58.8 Å². The molecule has 13 nitrogen and oxygen atoms in total. The van der Waals surface area contributed by atoms with Crippen LogP contribution in [0.2, 0.25) is 0 Å². The Morgan fingerprint density at radius 2 is 1.86 bits per heavy atom. The Bertz CT molecular complexity index is 1610. The Kier molecular flexibility index (Phi) is 8.89. The molecule has 2 saturated heterocycles. The number of carbonyl (C=O) groups is 2. The number of hydrogen-bond donors (Lipinski definition) is 2. The van der Waals surface area contributed by atoms with Crippen LogP contribution in [0.15, 0.2) is 61.3 Å². The minimum absolute atomic E-state index is 0.0527. The van der Waals surface area contributed by atoms with Gasteiger partial charge in [0.25, 0.3) is 0 Å². The zero-order chi connectivity index (χ0) is 30.5. The highest BCUT2D eigenvalue weighted by atomic mass is 32.1. The van der Waals surface area contributed by atoms with Crippen LogP contribution in [0.5, 0.6) is 0 Å². The number of anilines is 3. The number of piperidine rings is 1. The molecule has 2 aliphatic heterocycles. The molecule has 228 valence electrons. The average molecular weight is 614 g/mol. The largest absolute Gasteiger partial charge is 0.365 e. The summed E-state index contributed by atoms with van der Waals surface area (Å²) in [6.45, 7) is 10.4. The van der Waals surface area contributed by atoms with Gasteiger partial charge >= 0.3 is 0 Å². The van der Waals surface area contributed by atoms with Crippen molar-refractivity contribution in [3.63, 3.8) is 0 Å². The second kappa shape index (κ2) is 13.3. The molecule has 1 atom stereocenters. The van der Waals surface area contributed by atoms with Gasteiger partial charge in [-0.05, 0) is 54.0 Å². The second-order valence-corrected chi connectivity index (χ2v) is 11.9. The summed E-state index contributed by atoms with van der Waals surface area (Å²) in [5.74, 6) is 1.94. The highest BCUT2D eigenvalue weighted by molar-refractivity contribution is 7.18. The summed E-state index contributed by atoms with van der Waals surface area (Å²) >= 11 is 1.42. The summed E-state index contributed by atoms with van der Waals surface area (Å²) in [5.41, 5.74) is 1.91. The van der Waals surface area contributed by atoms with Crippen molar-refractivity contribution in [2.24, 2.45) is 0 Å². The molecule has 1 aromatic carbocycles. The second-order valence-electron chi connectivity index (χ2n) is 10.9. The number of thiazole rings is 1. The zero-order valence-electron chi connectivity index (χ0n) is 24.6. The highest BCUT2D eigenvalue weighted by Crippen LogP contribution is 2.29. The number of nitrogens with one attached hydrogen (secondary N) is 2. The van der Waals surface area contributed by atoms with Crippen molar-refractivity contribution in [3.8, 4) is 16.4 Å². The fourth-order valence-corrected chi connectivity index (χ4v) is 6.21. The van der Waals surface area contributed by atoms with Crippen molar-refractivity contribution in [2.75, 3.05) is 49.9 Å². The van der Waals surface area contributed by atoms with E-state index in [2.05, 4.69) is 48.6 Å². The summed E-state index contributed by atoms with van der Waals surface area (Å²) in [6, 6.07) is 13.8. The van der Waals surface area contributed by atoms with E-state index in [1.54, 1.807) is 13.1 Å². The van der Waals surface area contributed by atoms with Crippen molar-refractivity contribution >= 4 is 39.9 Å². The lowest BCUT2D eigenvalue weighted by Gasteiger charge is -2.34. The maximum absolute atomic E-state index is 12.2. The molecule has 0 saturated carbocycles. The third kappa shape index (κ3) is 7.09. The SMILES string of the molecule is C=CC(=O)N1CCC[C@H](Nc2cc(CN3CCN(C(C)=O)CC3)cc(Nc3ncc(-c4nnn(-c5ccccc5)n4)s3)n2)C1. The maximum Gasteiger partial charge on any atom is 0.246 e. The number of nitrogens with zero attached hydrogens (tertiary/aromatic N) is 9. The Morgan fingerprint density at radius 1 is 1.07 bits per heavy atom. The molecule has 2 amide bonds. The van der Waals surface area contributed by atoms with E-state index in [0.717, 1.165) is 74.1 Å². The number of benzene rings is 1.